The van der Waals surface area contributed by atoms with Crippen LogP contribution >= 0.6 is 39.1 Å². The van der Waals surface area contributed by atoms with Crippen LogP contribution in [-0.2, 0) is 4.79 Å². The van der Waals surface area contributed by atoms with E-state index in [4.69, 9.17) is 23.2 Å². The van der Waals surface area contributed by atoms with Gasteiger partial charge in [-0.15, -0.1) is 0 Å². The van der Waals surface area contributed by atoms with Gasteiger partial charge in [-0.3, -0.25) is 9.59 Å². The Morgan fingerprint density at radius 1 is 1.15 bits per heavy atom. The first-order valence-electron chi connectivity index (χ1n) is 8.12. The lowest BCUT2D eigenvalue weighted by Gasteiger charge is -2.20. The molecule has 1 unspecified atom stereocenters. The minimum absolute atomic E-state index is 0.152. The number of hydrogen-bond acceptors (Lipinski definition) is 3. The maximum absolute atomic E-state index is 12.5. The Balaban J connectivity index is 2.05. The van der Waals surface area contributed by atoms with Gasteiger partial charge < -0.3 is 5.32 Å². The van der Waals surface area contributed by atoms with E-state index in [0.29, 0.717) is 5.02 Å². The highest BCUT2D eigenvalue weighted by Gasteiger charge is 2.25. The molecule has 0 saturated heterocycles. The van der Waals surface area contributed by atoms with Crippen LogP contribution in [0.3, 0.4) is 0 Å². The first-order chi connectivity index (χ1) is 12.8. The second kappa shape index (κ2) is 9.88. The summed E-state index contributed by atoms with van der Waals surface area (Å²) in [6.45, 7) is 3.65. The van der Waals surface area contributed by atoms with E-state index in [-0.39, 0.29) is 16.5 Å². The number of amides is 2. The Kier molecular flexibility index (Phi) is 7.83. The number of hydrazone groups is 1. The number of nitrogens with one attached hydrogen (secondary N) is 2. The summed E-state index contributed by atoms with van der Waals surface area (Å²) in [6.07, 6.45) is 1.53. The molecule has 5 nitrogen and oxygen atoms in total. The molecule has 0 radical (unpaired) electrons. The first kappa shape index (κ1) is 21.4. The highest BCUT2D eigenvalue weighted by atomic mass is 79.9. The van der Waals surface area contributed by atoms with Crippen LogP contribution in [0.2, 0.25) is 10.0 Å². The number of carbonyl (C=O) groups is 2. The van der Waals surface area contributed by atoms with Gasteiger partial charge in [0.1, 0.15) is 6.04 Å². The van der Waals surface area contributed by atoms with E-state index in [1.54, 1.807) is 6.07 Å². The fourth-order valence-corrected chi connectivity index (χ4v) is 3.17. The summed E-state index contributed by atoms with van der Waals surface area (Å²) in [7, 11) is 0. The van der Waals surface area contributed by atoms with E-state index in [1.807, 2.05) is 38.1 Å². The molecule has 0 aliphatic heterocycles. The van der Waals surface area contributed by atoms with Crippen molar-refractivity contribution in [1.82, 2.24) is 10.7 Å². The highest BCUT2D eigenvalue weighted by Crippen LogP contribution is 2.21. The first-order valence-corrected chi connectivity index (χ1v) is 9.67. The van der Waals surface area contributed by atoms with Crippen molar-refractivity contribution in [3.8, 4) is 0 Å². The monoisotopic (exact) mass is 469 g/mol. The minimum Gasteiger partial charge on any atom is -0.340 e. The van der Waals surface area contributed by atoms with Crippen molar-refractivity contribution in [2.45, 2.75) is 19.9 Å². The van der Waals surface area contributed by atoms with Crippen molar-refractivity contribution in [2.75, 3.05) is 0 Å². The fourth-order valence-electron chi connectivity index (χ4n) is 2.25. The normalized spacial score (nSPS) is 12.2. The highest BCUT2D eigenvalue weighted by molar-refractivity contribution is 9.10. The topological polar surface area (TPSA) is 70.6 Å². The molecule has 2 aromatic carbocycles. The summed E-state index contributed by atoms with van der Waals surface area (Å²) < 4.78 is 0.907. The van der Waals surface area contributed by atoms with E-state index in [1.165, 1.54) is 18.3 Å². The molecule has 0 spiro atoms. The smallest absolute Gasteiger partial charge is 0.262 e. The van der Waals surface area contributed by atoms with Gasteiger partial charge >= 0.3 is 0 Å². The molecule has 2 amide bonds. The maximum atomic E-state index is 12.5. The van der Waals surface area contributed by atoms with Gasteiger partial charge in [0.2, 0.25) is 0 Å². The fraction of sp³-hybridized carbons (Fsp3) is 0.211. The average Bonchev–Trinajstić information content (AvgIpc) is 2.59. The lowest BCUT2D eigenvalue weighted by molar-refractivity contribution is -0.123. The molecule has 0 aromatic heterocycles. The molecule has 0 bridgehead atoms. The predicted molar refractivity (Wildman–Crippen MR) is 112 cm³/mol. The molecule has 1 atom stereocenters. The molecule has 0 saturated carbocycles. The molecule has 142 valence electrons. The summed E-state index contributed by atoms with van der Waals surface area (Å²) in [5.74, 6) is -1.03. The van der Waals surface area contributed by atoms with Crippen molar-refractivity contribution in [1.29, 1.82) is 0 Å². The number of benzene rings is 2. The Bertz CT molecular complexity index is 872. The van der Waals surface area contributed by atoms with Gasteiger partial charge in [0, 0.05) is 9.50 Å². The van der Waals surface area contributed by atoms with Gasteiger partial charge in [0.05, 0.1) is 16.8 Å². The van der Waals surface area contributed by atoms with Crippen LogP contribution in [0.15, 0.2) is 52.0 Å². The van der Waals surface area contributed by atoms with E-state index in [0.717, 1.165) is 10.0 Å². The van der Waals surface area contributed by atoms with Crippen molar-refractivity contribution < 1.29 is 9.59 Å². The molecule has 27 heavy (non-hydrogen) atoms. The lowest BCUT2D eigenvalue weighted by atomic mass is 10.0. The van der Waals surface area contributed by atoms with Gasteiger partial charge in [-0.05, 0) is 41.8 Å². The zero-order valence-corrected chi connectivity index (χ0v) is 17.8. The third-order valence-corrected chi connectivity index (χ3v) is 4.69. The third kappa shape index (κ3) is 6.34. The van der Waals surface area contributed by atoms with Crippen LogP contribution in [0.25, 0.3) is 0 Å². The van der Waals surface area contributed by atoms with Crippen molar-refractivity contribution in [3.63, 3.8) is 0 Å². The zero-order valence-electron chi connectivity index (χ0n) is 14.7. The van der Waals surface area contributed by atoms with Crippen molar-refractivity contribution in [3.05, 3.63) is 68.1 Å². The minimum atomic E-state index is -0.774. The molecule has 0 aliphatic rings. The van der Waals surface area contributed by atoms with Crippen LogP contribution < -0.4 is 10.7 Å². The molecule has 8 heteroatoms. The quantitative estimate of drug-likeness (QED) is 0.476. The van der Waals surface area contributed by atoms with Gasteiger partial charge in [0.15, 0.2) is 0 Å². The Morgan fingerprint density at radius 2 is 1.89 bits per heavy atom. The van der Waals surface area contributed by atoms with Crippen LogP contribution in [0.4, 0.5) is 0 Å². The van der Waals surface area contributed by atoms with Gasteiger partial charge in [-0.25, -0.2) is 5.43 Å². The van der Waals surface area contributed by atoms with Crippen molar-refractivity contribution in [2.24, 2.45) is 11.0 Å². The number of nitrogens with zero attached hydrogens (tertiary/aromatic N) is 1. The van der Waals surface area contributed by atoms with E-state index in [9.17, 15) is 9.59 Å². The average molecular weight is 471 g/mol. The lowest BCUT2D eigenvalue weighted by Crippen LogP contribution is -2.48. The SMILES string of the molecule is CC(C)C(NC(=O)c1ccc(Cl)cc1Cl)C(=O)NN=Cc1cccc(Br)c1. The van der Waals surface area contributed by atoms with E-state index >= 15 is 0 Å². The van der Waals surface area contributed by atoms with Gasteiger partial charge in [-0.2, -0.15) is 5.10 Å². The number of rotatable bonds is 6. The van der Waals surface area contributed by atoms with Crippen LogP contribution in [0, 0.1) is 5.92 Å². The molecule has 0 heterocycles. The van der Waals surface area contributed by atoms with E-state index < -0.39 is 17.9 Å². The molecule has 2 N–H and O–H groups in total. The zero-order chi connectivity index (χ0) is 20.0. The summed E-state index contributed by atoms with van der Waals surface area (Å²) >= 11 is 15.3. The van der Waals surface area contributed by atoms with Gasteiger partial charge in [0.25, 0.3) is 11.8 Å². The van der Waals surface area contributed by atoms with Gasteiger partial charge in [-0.1, -0.05) is 65.1 Å². The summed E-state index contributed by atoms with van der Waals surface area (Å²) in [4.78, 5) is 24.9. The number of halogens is 3. The van der Waals surface area contributed by atoms with Crippen LogP contribution in [0.1, 0.15) is 29.8 Å². The second-order valence-corrected chi connectivity index (χ2v) is 7.87. The Labute approximate surface area is 176 Å². The van der Waals surface area contributed by atoms with Crippen molar-refractivity contribution >= 4 is 57.2 Å². The maximum Gasteiger partial charge on any atom is 0.262 e. The molecule has 2 aromatic rings. The van der Waals surface area contributed by atoms with Crippen LogP contribution in [-0.4, -0.2) is 24.1 Å². The second-order valence-electron chi connectivity index (χ2n) is 6.11. The van der Waals surface area contributed by atoms with Crippen LogP contribution in [0.5, 0.6) is 0 Å². The largest absolute Gasteiger partial charge is 0.340 e. The summed E-state index contributed by atoms with van der Waals surface area (Å²) in [6, 6.07) is 11.2. The molecular formula is C19H18BrCl2N3O2. The summed E-state index contributed by atoms with van der Waals surface area (Å²) in [5, 5.41) is 7.29. The molecule has 0 fully saturated rings. The molecular weight excluding hydrogens is 453 g/mol. The Morgan fingerprint density at radius 3 is 2.52 bits per heavy atom. The number of hydrogen-bond donors (Lipinski definition) is 2. The summed E-state index contributed by atoms with van der Waals surface area (Å²) in [5.41, 5.74) is 3.53. The predicted octanol–water partition coefficient (Wildman–Crippen LogP) is 4.66. The Hall–Kier alpha value is -1.89. The number of carbonyl (C=O) groups excluding carboxylic acids is 2. The standard InChI is InChI=1S/C19H18BrCl2N3O2/c1-11(2)17(24-18(26)15-7-6-14(21)9-16(15)22)19(27)25-23-10-12-4-3-5-13(20)8-12/h3-11,17H,1-2H3,(H,24,26)(H,25,27). The third-order valence-electron chi connectivity index (χ3n) is 3.65. The molecule has 0 aliphatic carbocycles. The molecule has 2 rings (SSSR count). The van der Waals surface area contributed by atoms with E-state index in [2.05, 4.69) is 31.8 Å².